The number of rotatable bonds is 4. The standard InChI is InChI=1S/C15H29NO3/c1-14(2,3)9-13(17)10-16-12-4-6-19-15(8-12)5-7-18-11-15/h12-13,16-17H,4-11H2,1-3H3. The predicted molar refractivity (Wildman–Crippen MR) is 75.2 cm³/mol. The average Bonchev–Trinajstić information content (AvgIpc) is 2.73. The topological polar surface area (TPSA) is 50.7 Å². The highest BCUT2D eigenvalue weighted by atomic mass is 16.6. The van der Waals surface area contributed by atoms with Gasteiger partial charge in [0.1, 0.15) is 0 Å². The van der Waals surface area contributed by atoms with Gasteiger partial charge in [0.05, 0.1) is 18.3 Å². The van der Waals surface area contributed by atoms with Crippen LogP contribution < -0.4 is 5.32 Å². The van der Waals surface area contributed by atoms with Crippen LogP contribution in [-0.2, 0) is 9.47 Å². The minimum atomic E-state index is -0.265. The van der Waals surface area contributed by atoms with Gasteiger partial charge in [0.2, 0.25) is 0 Å². The molecule has 4 nitrogen and oxygen atoms in total. The zero-order valence-corrected chi connectivity index (χ0v) is 12.6. The fraction of sp³-hybridized carbons (Fsp3) is 1.00. The average molecular weight is 271 g/mol. The van der Waals surface area contributed by atoms with E-state index in [4.69, 9.17) is 9.47 Å². The van der Waals surface area contributed by atoms with Crippen LogP contribution in [0, 0.1) is 5.41 Å². The Morgan fingerprint density at radius 2 is 2.16 bits per heavy atom. The molecule has 0 aliphatic carbocycles. The predicted octanol–water partition coefficient (Wildman–Crippen LogP) is 1.71. The Bertz CT molecular complexity index is 282. The zero-order valence-electron chi connectivity index (χ0n) is 12.6. The van der Waals surface area contributed by atoms with E-state index < -0.39 is 0 Å². The molecule has 112 valence electrons. The molecule has 2 rings (SSSR count). The number of aliphatic hydroxyl groups excluding tert-OH is 1. The van der Waals surface area contributed by atoms with Crippen molar-refractivity contribution in [3.63, 3.8) is 0 Å². The molecule has 2 aliphatic heterocycles. The van der Waals surface area contributed by atoms with E-state index in [1.54, 1.807) is 0 Å². The third-order valence-electron chi connectivity index (χ3n) is 4.05. The molecule has 0 saturated carbocycles. The lowest BCUT2D eigenvalue weighted by atomic mass is 9.88. The quantitative estimate of drug-likeness (QED) is 0.817. The Morgan fingerprint density at radius 1 is 1.37 bits per heavy atom. The number of ether oxygens (including phenoxy) is 2. The fourth-order valence-corrected chi connectivity index (χ4v) is 3.15. The largest absolute Gasteiger partial charge is 0.392 e. The molecule has 2 N–H and O–H groups in total. The van der Waals surface area contributed by atoms with Gasteiger partial charge in [0, 0.05) is 32.2 Å². The van der Waals surface area contributed by atoms with Gasteiger partial charge in [-0.3, -0.25) is 0 Å². The van der Waals surface area contributed by atoms with Gasteiger partial charge in [-0.15, -0.1) is 0 Å². The smallest absolute Gasteiger partial charge is 0.0951 e. The van der Waals surface area contributed by atoms with Crippen LogP contribution in [0.15, 0.2) is 0 Å². The molecule has 2 fully saturated rings. The van der Waals surface area contributed by atoms with Crippen molar-refractivity contribution in [3.05, 3.63) is 0 Å². The van der Waals surface area contributed by atoms with E-state index in [2.05, 4.69) is 26.1 Å². The van der Waals surface area contributed by atoms with E-state index in [1.165, 1.54) is 0 Å². The summed E-state index contributed by atoms with van der Waals surface area (Å²) < 4.78 is 11.4. The molecule has 0 radical (unpaired) electrons. The first-order chi connectivity index (χ1) is 8.89. The molecule has 0 aromatic heterocycles. The maximum absolute atomic E-state index is 10.1. The fourth-order valence-electron chi connectivity index (χ4n) is 3.15. The number of hydrogen-bond acceptors (Lipinski definition) is 4. The second kappa shape index (κ2) is 6.08. The normalized spacial score (nSPS) is 33.8. The monoisotopic (exact) mass is 271 g/mol. The summed E-state index contributed by atoms with van der Waals surface area (Å²) in [5.41, 5.74) is 0.127. The van der Waals surface area contributed by atoms with Crippen LogP contribution in [0.3, 0.4) is 0 Å². The van der Waals surface area contributed by atoms with E-state index in [-0.39, 0.29) is 17.1 Å². The van der Waals surface area contributed by atoms with E-state index in [0.29, 0.717) is 12.6 Å². The minimum absolute atomic E-state index is 0.0507. The molecular weight excluding hydrogens is 242 g/mol. The van der Waals surface area contributed by atoms with Crippen molar-refractivity contribution in [2.45, 2.75) is 64.2 Å². The van der Waals surface area contributed by atoms with Gasteiger partial charge in [-0.05, 0) is 24.7 Å². The second-order valence-corrected chi connectivity index (χ2v) is 7.35. The van der Waals surface area contributed by atoms with Crippen molar-refractivity contribution in [1.29, 1.82) is 0 Å². The number of hydrogen-bond donors (Lipinski definition) is 2. The molecule has 0 aromatic rings. The molecule has 1 spiro atoms. The van der Waals surface area contributed by atoms with Gasteiger partial charge in [-0.25, -0.2) is 0 Å². The summed E-state index contributed by atoms with van der Waals surface area (Å²) in [6.45, 7) is 9.52. The Morgan fingerprint density at radius 3 is 2.79 bits per heavy atom. The highest BCUT2D eigenvalue weighted by Gasteiger charge is 2.40. The third kappa shape index (κ3) is 4.71. The number of nitrogens with one attached hydrogen (secondary N) is 1. The maximum Gasteiger partial charge on any atom is 0.0951 e. The lowest BCUT2D eigenvalue weighted by Gasteiger charge is -2.38. The minimum Gasteiger partial charge on any atom is -0.392 e. The highest BCUT2D eigenvalue weighted by molar-refractivity contribution is 4.93. The van der Waals surface area contributed by atoms with Crippen molar-refractivity contribution >= 4 is 0 Å². The first-order valence-corrected chi connectivity index (χ1v) is 7.52. The summed E-state index contributed by atoms with van der Waals surface area (Å²) in [5.74, 6) is 0. The summed E-state index contributed by atoms with van der Waals surface area (Å²) in [4.78, 5) is 0. The second-order valence-electron chi connectivity index (χ2n) is 7.35. The molecular formula is C15H29NO3. The molecule has 0 amide bonds. The SMILES string of the molecule is CC(C)(C)CC(O)CNC1CCOC2(CCOC2)C1. The lowest BCUT2D eigenvalue weighted by Crippen LogP contribution is -2.49. The van der Waals surface area contributed by atoms with E-state index >= 15 is 0 Å². The maximum atomic E-state index is 10.1. The van der Waals surface area contributed by atoms with Crippen molar-refractivity contribution in [3.8, 4) is 0 Å². The summed E-state index contributed by atoms with van der Waals surface area (Å²) in [7, 11) is 0. The molecule has 0 aromatic carbocycles. The van der Waals surface area contributed by atoms with Gasteiger partial charge >= 0.3 is 0 Å². The van der Waals surface area contributed by atoms with Crippen molar-refractivity contribution in [1.82, 2.24) is 5.32 Å². The molecule has 3 atom stereocenters. The van der Waals surface area contributed by atoms with Gasteiger partial charge in [0.25, 0.3) is 0 Å². The Kier molecular flexibility index (Phi) is 4.88. The lowest BCUT2D eigenvalue weighted by molar-refractivity contribution is -0.0901. The van der Waals surface area contributed by atoms with Crippen molar-refractivity contribution < 1.29 is 14.6 Å². The third-order valence-corrected chi connectivity index (χ3v) is 4.05. The first-order valence-electron chi connectivity index (χ1n) is 7.52. The van der Waals surface area contributed by atoms with E-state index in [9.17, 15) is 5.11 Å². The number of aliphatic hydroxyl groups is 1. The molecule has 4 heteroatoms. The zero-order chi connectivity index (χ0) is 13.9. The van der Waals surface area contributed by atoms with Crippen LogP contribution in [0.2, 0.25) is 0 Å². The molecule has 3 unspecified atom stereocenters. The summed E-state index contributed by atoms with van der Waals surface area (Å²) in [5, 5.41) is 13.6. The Labute approximate surface area is 116 Å². The summed E-state index contributed by atoms with van der Waals surface area (Å²) in [6, 6.07) is 0.449. The Balaban J connectivity index is 1.73. The van der Waals surface area contributed by atoms with Crippen molar-refractivity contribution in [2.24, 2.45) is 5.41 Å². The summed E-state index contributed by atoms with van der Waals surface area (Å²) >= 11 is 0. The van der Waals surface area contributed by atoms with Crippen LogP contribution >= 0.6 is 0 Å². The van der Waals surface area contributed by atoms with Crippen molar-refractivity contribution in [2.75, 3.05) is 26.4 Å². The Hall–Kier alpha value is -0.160. The van der Waals surface area contributed by atoms with Gasteiger partial charge in [0.15, 0.2) is 0 Å². The van der Waals surface area contributed by atoms with Crippen LogP contribution in [-0.4, -0.2) is 49.2 Å². The van der Waals surface area contributed by atoms with Crippen LogP contribution in [0.5, 0.6) is 0 Å². The molecule has 2 saturated heterocycles. The van der Waals surface area contributed by atoms with Gasteiger partial charge < -0.3 is 19.9 Å². The van der Waals surface area contributed by atoms with Crippen LogP contribution in [0.4, 0.5) is 0 Å². The molecule has 2 heterocycles. The first kappa shape index (κ1) is 15.2. The van der Waals surface area contributed by atoms with Crippen LogP contribution in [0.1, 0.15) is 46.5 Å². The highest BCUT2D eigenvalue weighted by Crippen LogP contribution is 2.32. The molecule has 0 bridgehead atoms. The van der Waals surface area contributed by atoms with Gasteiger partial charge in [-0.2, -0.15) is 0 Å². The van der Waals surface area contributed by atoms with Gasteiger partial charge in [-0.1, -0.05) is 20.8 Å². The summed E-state index contributed by atoms with van der Waals surface area (Å²) in [6.07, 6.45) is 3.62. The molecule has 2 aliphatic rings. The van der Waals surface area contributed by atoms with E-state index in [0.717, 1.165) is 45.5 Å². The van der Waals surface area contributed by atoms with E-state index in [1.807, 2.05) is 0 Å². The van der Waals surface area contributed by atoms with Crippen LogP contribution in [0.25, 0.3) is 0 Å². The molecule has 19 heavy (non-hydrogen) atoms.